The minimum absolute atomic E-state index is 0.0307. The number of nitrogens with two attached hydrogens (primary N) is 2. The van der Waals surface area contributed by atoms with Crippen LogP contribution in [0.4, 0.5) is 0 Å². The second-order valence-electron chi connectivity index (χ2n) is 4.06. The third-order valence-corrected chi connectivity index (χ3v) is 3.40. The summed E-state index contributed by atoms with van der Waals surface area (Å²) in [4.78, 5) is 0. The Kier molecular flexibility index (Phi) is 5.02. The third-order valence-electron chi connectivity index (χ3n) is 3.40. The third kappa shape index (κ3) is 2.82. The van der Waals surface area contributed by atoms with Gasteiger partial charge in [-0.05, 0) is 31.1 Å². The molecule has 0 aromatic rings. The maximum absolute atomic E-state index is 6.12. The standard InChI is InChI=1S/C8H16N2.2ClH.Pt/c9-5-8(10)4-6-1-2-7(8)3-6;;;/h6-7H,1-5,9-10H2;2*1H;/q;;;+2/p-2. The number of fused-ring (bicyclic) bond motifs is 2. The van der Waals surface area contributed by atoms with E-state index in [1.165, 1.54) is 25.7 Å². The van der Waals surface area contributed by atoms with E-state index in [1.807, 2.05) is 0 Å². The van der Waals surface area contributed by atoms with Gasteiger partial charge in [0.2, 0.25) is 0 Å². The van der Waals surface area contributed by atoms with Gasteiger partial charge >= 0.3 is 35.3 Å². The first-order valence-electron chi connectivity index (χ1n) is 4.47. The van der Waals surface area contributed by atoms with E-state index in [1.54, 1.807) is 0 Å². The van der Waals surface area contributed by atoms with Gasteiger partial charge in [0.1, 0.15) is 0 Å². The molecule has 0 amide bonds. The van der Waals surface area contributed by atoms with Gasteiger partial charge in [0.15, 0.2) is 0 Å². The summed E-state index contributed by atoms with van der Waals surface area (Å²) in [6.07, 6.45) is 5.28. The Balaban J connectivity index is 0.000000251. The second-order valence-corrected chi connectivity index (χ2v) is 7.35. The molecule has 2 aliphatic rings. The van der Waals surface area contributed by atoms with Crippen LogP contribution in [0.15, 0.2) is 0 Å². The van der Waals surface area contributed by atoms with Gasteiger partial charge in [-0.15, -0.1) is 0 Å². The molecule has 2 aliphatic carbocycles. The van der Waals surface area contributed by atoms with Crippen LogP contribution in [0.5, 0.6) is 0 Å². The average molecular weight is 406 g/mol. The van der Waals surface area contributed by atoms with E-state index in [-0.39, 0.29) is 5.54 Å². The van der Waals surface area contributed by atoms with Crippen LogP contribution in [-0.4, -0.2) is 12.1 Å². The molecule has 2 saturated carbocycles. The molecule has 4 N–H and O–H groups in total. The molecule has 0 heterocycles. The van der Waals surface area contributed by atoms with Crippen molar-refractivity contribution < 1.29 is 16.5 Å². The molecule has 2 fully saturated rings. The van der Waals surface area contributed by atoms with Gasteiger partial charge < -0.3 is 11.5 Å². The van der Waals surface area contributed by atoms with Crippen LogP contribution < -0.4 is 11.5 Å². The molecule has 2 bridgehead atoms. The quantitative estimate of drug-likeness (QED) is 0.699. The Hall–Kier alpha value is 1.19. The molecule has 5 heteroatoms. The summed E-state index contributed by atoms with van der Waals surface area (Å²) in [6, 6.07) is 0. The van der Waals surface area contributed by atoms with Crippen LogP contribution in [0.1, 0.15) is 25.7 Å². The number of rotatable bonds is 1. The van der Waals surface area contributed by atoms with E-state index in [2.05, 4.69) is 0 Å². The monoisotopic (exact) mass is 405 g/mol. The Morgan fingerprint density at radius 2 is 2.00 bits per heavy atom. The molecule has 3 atom stereocenters. The van der Waals surface area contributed by atoms with E-state index in [0.29, 0.717) is 6.54 Å². The van der Waals surface area contributed by atoms with Gasteiger partial charge in [0.25, 0.3) is 0 Å². The van der Waals surface area contributed by atoms with E-state index in [0.717, 1.165) is 11.8 Å². The van der Waals surface area contributed by atoms with Crippen molar-refractivity contribution in [3.05, 3.63) is 0 Å². The van der Waals surface area contributed by atoms with Gasteiger partial charge in [-0.1, -0.05) is 6.42 Å². The van der Waals surface area contributed by atoms with Gasteiger partial charge in [-0.2, -0.15) is 0 Å². The summed E-state index contributed by atoms with van der Waals surface area (Å²) in [5.74, 6) is 1.67. The van der Waals surface area contributed by atoms with Crippen LogP contribution in [0, 0.1) is 11.8 Å². The van der Waals surface area contributed by atoms with Crippen molar-refractivity contribution in [2.24, 2.45) is 23.3 Å². The predicted molar refractivity (Wildman–Crippen MR) is 53.1 cm³/mol. The maximum atomic E-state index is 6.12. The molecule has 0 radical (unpaired) electrons. The van der Waals surface area contributed by atoms with Gasteiger partial charge in [0.05, 0.1) is 0 Å². The molecular formula is C8H16Cl2N2Pt. The van der Waals surface area contributed by atoms with Crippen LogP contribution in [-0.2, 0) is 16.5 Å². The normalized spacial score (nSPS) is 41.8. The second kappa shape index (κ2) is 5.32. The van der Waals surface area contributed by atoms with Crippen molar-refractivity contribution in [3.8, 4) is 0 Å². The average Bonchev–Trinajstić information content (AvgIpc) is 2.65. The Labute approximate surface area is 96.1 Å². The Bertz CT molecular complexity index is 170. The van der Waals surface area contributed by atoms with Crippen molar-refractivity contribution in [1.82, 2.24) is 0 Å². The zero-order valence-corrected chi connectivity index (χ0v) is 11.2. The summed E-state index contributed by atoms with van der Waals surface area (Å²) in [7, 11) is 9.75. The molecule has 0 spiro atoms. The van der Waals surface area contributed by atoms with E-state index in [9.17, 15) is 0 Å². The zero-order chi connectivity index (χ0) is 9.90. The van der Waals surface area contributed by atoms with E-state index < -0.39 is 16.5 Å². The van der Waals surface area contributed by atoms with Crippen molar-refractivity contribution >= 4 is 18.8 Å². The molecule has 0 aromatic heterocycles. The fraction of sp³-hybridized carbons (Fsp3) is 1.00. The predicted octanol–water partition coefficient (Wildman–Crippen LogP) is 1.84. The molecule has 3 unspecified atom stereocenters. The molecule has 2 nitrogen and oxygen atoms in total. The van der Waals surface area contributed by atoms with Crippen LogP contribution in [0.2, 0.25) is 0 Å². The van der Waals surface area contributed by atoms with Crippen LogP contribution in [0.25, 0.3) is 0 Å². The van der Waals surface area contributed by atoms with Crippen LogP contribution >= 0.6 is 18.8 Å². The molecule has 13 heavy (non-hydrogen) atoms. The minimum atomic E-state index is -0.472. The van der Waals surface area contributed by atoms with Crippen molar-refractivity contribution in [1.29, 1.82) is 0 Å². The van der Waals surface area contributed by atoms with Crippen molar-refractivity contribution in [2.75, 3.05) is 6.54 Å². The number of hydrogen-bond donors (Lipinski definition) is 2. The Morgan fingerprint density at radius 1 is 1.38 bits per heavy atom. The first-order chi connectivity index (χ1) is 6.16. The Morgan fingerprint density at radius 3 is 2.23 bits per heavy atom. The summed E-state index contributed by atoms with van der Waals surface area (Å²) < 4.78 is 0. The summed E-state index contributed by atoms with van der Waals surface area (Å²) in [6.45, 7) is 0.689. The molecule has 2 rings (SSSR count). The molecule has 0 saturated heterocycles. The fourth-order valence-corrected chi connectivity index (χ4v) is 2.74. The van der Waals surface area contributed by atoms with Gasteiger partial charge in [-0.25, -0.2) is 0 Å². The van der Waals surface area contributed by atoms with Gasteiger partial charge in [0, 0.05) is 12.1 Å². The number of hydrogen-bond acceptors (Lipinski definition) is 2. The van der Waals surface area contributed by atoms with Gasteiger partial charge in [-0.3, -0.25) is 0 Å². The first kappa shape index (κ1) is 12.3. The fourth-order valence-electron chi connectivity index (χ4n) is 2.74. The molecule has 0 aliphatic heterocycles. The summed E-state index contributed by atoms with van der Waals surface area (Å²) in [5.41, 5.74) is 11.8. The van der Waals surface area contributed by atoms with E-state index >= 15 is 0 Å². The molecule has 82 valence electrons. The van der Waals surface area contributed by atoms with Crippen molar-refractivity contribution in [2.45, 2.75) is 31.2 Å². The summed E-state index contributed by atoms with van der Waals surface area (Å²) >= 11 is -0.472. The van der Waals surface area contributed by atoms with Crippen molar-refractivity contribution in [3.63, 3.8) is 0 Å². The molecule has 0 aromatic carbocycles. The first-order valence-corrected chi connectivity index (χ1v) is 10.1. The zero-order valence-electron chi connectivity index (χ0n) is 7.42. The SMILES string of the molecule is NCC1(N)CC2CCC1C2.[Cl][Pt][Cl]. The van der Waals surface area contributed by atoms with E-state index in [4.69, 9.17) is 30.3 Å². The molecular weight excluding hydrogens is 390 g/mol. The number of halogens is 2. The summed E-state index contributed by atoms with van der Waals surface area (Å²) in [5, 5.41) is 0. The topological polar surface area (TPSA) is 52.0 Å². The van der Waals surface area contributed by atoms with Crippen LogP contribution in [0.3, 0.4) is 0 Å².